The maximum absolute atomic E-state index is 11.6. The number of halogens is 1. The summed E-state index contributed by atoms with van der Waals surface area (Å²) < 4.78 is 5.39. The molecule has 0 atom stereocenters. The normalized spacial score (nSPS) is 13.9. The van der Waals surface area contributed by atoms with Crippen LogP contribution in [0.5, 0.6) is 5.75 Å². The molecule has 9 heteroatoms. The molecule has 1 aromatic rings. The third kappa shape index (κ3) is 6.89. The highest BCUT2D eigenvalue weighted by molar-refractivity contribution is 14.0. The first-order chi connectivity index (χ1) is 12.5. The van der Waals surface area contributed by atoms with Crippen LogP contribution in [0, 0.1) is 6.92 Å². The van der Waals surface area contributed by atoms with Gasteiger partial charge in [-0.2, -0.15) is 0 Å². The number of urea groups is 1. The number of benzene rings is 1. The second-order valence-corrected chi connectivity index (χ2v) is 5.96. The molecular weight excluding hydrogens is 461 g/mol. The van der Waals surface area contributed by atoms with Crippen LogP contribution < -0.4 is 20.7 Å². The van der Waals surface area contributed by atoms with Crippen LogP contribution >= 0.6 is 24.0 Å². The number of rotatable bonds is 8. The standard InChI is InChI=1S/C18H27N5O3.HI/c1-4-19-17(21-9-10-23-16(24)12-22-18(23)25)20-8-7-14-11-13(2)5-6-15(14)26-3;/h5-6,11H,4,7-10,12H2,1-3H3,(H,22,25)(H2,19,20,21);1H. The summed E-state index contributed by atoms with van der Waals surface area (Å²) in [5.74, 6) is 1.32. The second-order valence-electron chi connectivity index (χ2n) is 5.96. The number of methoxy groups -OCH3 is 1. The van der Waals surface area contributed by atoms with Crippen molar-refractivity contribution in [2.75, 3.05) is 39.8 Å². The number of ether oxygens (including phenoxy) is 1. The number of guanidine groups is 1. The number of hydrogen-bond acceptors (Lipinski definition) is 4. The van der Waals surface area contributed by atoms with Gasteiger partial charge >= 0.3 is 6.03 Å². The maximum Gasteiger partial charge on any atom is 0.324 e. The van der Waals surface area contributed by atoms with E-state index >= 15 is 0 Å². The lowest BCUT2D eigenvalue weighted by molar-refractivity contribution is -0.124. The molecule has 27 heavy (non-hydrogen) atoms. The summed E-state index contributed by atoms with van der Waals surface area (Å²) in [6.45, 7) is 6.18. The fourth-order valence-electron chi connectivity index (χ4n) is 2.70. The molecule has 0 aliphatic carbocycles. The fraction of sp³-hybridized carbons (Fsp3) is 0.500. The van der Waals surface area contributed by atoms with Gasteiger partial charge in [0.2, 0.25) is 5.91 Å². The number of carbonyl (C=O) groups is 2. The topological polar surface area (TPSA) is 95.1 Å². The molecule has 2 rings (SSSR count). The van der Waals surface area contributed by atoms with Crippen LogP contribution in [-0.4, -0.2) is 62.6 Å². The Morgan fingerprint density at radius 2 is 2.11 bits per heavy atom. The Morgan fingerprint density at radius 3 is 2.74 bits per heavy atom. The van der Waals surface area contributed by atoms with Crippen molar-refractivity contribution < 1.29 is 14.3 Å². The molecule has 3 amide bonds. The minimum Gasteiger partial charge on any atom is -0.496 e. The third-order valence-corrected chi connectivity index (χ3v) is 4.00. The predicted octanol–water partition coefficient (Wildman–Crippen LogP) is 1.27. The van der Waals surface area contributed by atoms with Crippen LogP contribution in [0.3, 0.4) is 0 Å². The van der Waals surface area contributed by atoms with Gasteiger partial charge < -0.3 is 20.7 Å². The van der Waals surface area contributed by atoms with Crippen LogP contribution in [0.1, 0.15) is 18.1 Å². The van der Waals surface area contributed by atoms with E-state index in [-0.39, 0.29) is 42.5 Å². The Balaban J connectivity index is 0.00000364. The Bertz CT molecular complexity index is 665. The zero-order valence-electron chi connectivity index (χ0n) is 16.0. The number of amides is 3. The molecule has 1 saturated heterocycles. The van der Waals surface area contributed by atoms with Crippen molar-refractivity contribution in [1.29, 1.82) is 0 Å². The smallest absolute Gasteiger partial charge is 0.324 e. The quantitative estimate of drug-likeness (QED) is 0.221. The third-order valence-electron chi connectivity index (χ3n) is 4.00. The Morgan fingerprint density at radius 1 is 1.33 bits per heavy atom. The first kappa shape index (κ1) is 23.0. The van der Waals surface area contributed by atoms with E-state index in [2.05, 4.69) is 27.0 Å². The van der Waals surface area contributed by atoms with Gasteiger partial charge in [-0.05, 0) is 31.9 Å². The molecule has 0 radical (unpaired) electrons. The van der Waals surface area contributed by atoms with Crippen molar-refractivity contribution in [3.63, 3.8) is 0 Å². The largest absolute Gasteiger partial charge is 0.496 e. The molecule has 0 spiro atoms. The van der Waals surface area contributed by atoms with Crippen molar-refractivity contribution in [2.45, 2.75) is 20.3 Å². The molecule has 0 bridgehead atoms. The number of aryl methyl sites for hydroxylation is 1. The minimum absolute atomic E-state index is 0. The highest BCUT2D eigenvalue weighted by atomic mass is 127. The maximum atomic E-state index is 11.6. The van der Waals surface area contributed by atoms with Gasteiger partial charge in [0.25, 0.3) is 0 Å². The second kappa shape index (κ2) is 11.6. The summed E-state index contributed by atoms with van der Waals surface area (Å²) >= 11 is 0. The van der Waals surface area contributed by atoms with Crippen LogP contribution in [-0.2, 0) is 11.2 Å². The Kier molecular flexibility index (Phi) is 9.90. The molecule has 0 aromatic heterocycles. The van der Waals surface area contributed by atoms with Gasteiger partial charge in [0.05, 0.1) is 13.7 Å². The van der Waals surface area contributed by atoms with E-state index in [0.29, 0.717) is 25.6 Å². The summed E-state index contributed by atoms with van der Waals surface area (Å²) in [4.78, 5) is 28.8. The summed E-state index contributed by atoms with van der Waals surface area (Å²) in [7, 11) is 1.67. The van der Waals surface area contributed by atoms with Crippen LogP contribution in [0.25, 0.3) is 0 Å². The van der Waals surface area contributed by atoms with E-state index in [1.54, 1.807) is 7.11 Å². The van der Waals surface area contributed by atoms with Crippen molar-refractivity contribution in [3.8, 4) is 5.75 Å². The zero-order valence-corrected chi connectivity index (χ0v) is 18.3. The molecule has 8 nitrogen and oxygen atoms in total. The van der Waals surface area contributed by atoms with E-state index in [4.69, 9.17) is 4.74 Å². The van der Waals surface area contributed by atoms with E-state index in [0.717, 1.165) is 24.3 Å². The van der Waals surface area contributed by atoms with Gasteiger partial charge in [-0.1, -0.05) is 17.7 Å². The summed E-state index contributed by atoms with van der Waals surface area (Å²) in [5.41, 5.74) is 2.30. The number of aliphatic imine (C=N–C) groups is 1. The van der Waals surface area contributed by atoms with Crippen molar-refractivity contribution >= 4 is 41.9 Å². The van der Waals surface area contributed by atoms with Gasteiger partial charge in [-0.25, -0.2) is 4.79 Å². The summed E-state index contributed by atoms with van der Waals surface area (Å²) in [6, 6.07) is 5.75. The number of imide groups is 1. The first-order valence-corrected chi connectivity index (χ1v) is 8.79. The van der Waals surface area contributed by atoms with Gasteiger partial charge in [-0.15, -0.1) is 24.0 Å². The number of carbonyl (C=O) groups excluding carboxylic acids is 2. The van der Waals surface area contributed by atoms with Gasteiger partial charge in [0.1, 0.15) is 5.75 Å². The molecule has 0 saturated carbocycles. The highest BCUT2D eigenvalue weighted by Gasteiger charge is 2.27. The highest BCUT2D eigenvalue weighted by Crippen LogP contribution is 2.20. The van der Waals surface area contributed by atoms with Crippen LogP contribution in [0.15, 0.2) is 23.2 Å². The first-order valence-electron chi connectivity index (χ1n) is 8.79. The van der Waals surface area contributed by atoms with E-state index < -0.39 is 0 Å². The van der Waals surface area contributed by atoms with Crippen LogP contribution in [0.2, 0.25) is 0 Å². The molecule has 1 aliphatic rings. The van der Waals surface area contributed by atoms with Gasteiger partial charge in [-0.3, -0.25) is 14.7 Å². The van der Waals surface area contributed by atoms with Gasteiger partial charge in [0.15, 0.2) is 5.96 Å². The lowest BCUT2D eigenvalue weighted by atomic mass is 10.1. The Hall–Kier alpha value is -2.04. The minimum atomic E-state index is -0.342. The molecule has 3 N–H and O–H groups in total. The average molecular weight is 489 g/mol. The van der Waals surface area contributed by atoms with Crippen molar-refractivity contribution in [3.05, 3.63) is 29.3 Å². The zero-order chi connectivity index (χ0) is 18.9. The molecule has 1 aliphatic heterocycles. The number of nitrogens with one attached hydrogen (secondary N) is 3. The van der Waals surface area contributed by atoms with E-state index in [1.165, 1.54) is 10.5 Å². The molecule has 1 heterocycles. The van der Waals surface area contributed by atoms with E-state index in [1.807, 2.05) is 26.0 Å². The molecule has 0 unspecified atom stereocenters. The summed E-state index contributed by atoms with van der Waals surface area (Å²) in [5, 5.41) is 8.81. The predicted molar refractivity (Wildman–Crippen MR) is 116 cm³/mol. The van der Waals surface area contributed by atoms with Crippen molar-refractivity contribution in [1.82, 2.24) is 20.9 Å². The fourth-order valence-corrected chi connectivity index (χ4v) is 2.70. The van der Waals surface area contributed by atoms with Crippen LogP contribution in [0.4, 0.5) is 4.79 Å². The number of nitrogens with zero attached hydrogens (tertiary/aromatic N) is 2. The Labute approximate surface area is 177 Å². The van der Waals surface area contributed by atoms with Gasteiger partial charge in [0, 0.05) is 26.2 Å². The molecule has 1 aromatic carbocycles. The monoisotopic (exact) mass is 489 g/mol. The van der Waals surface area contributed by atoms with E-state index in [9.17, 15) is 9.59 Å². The molecule has 1 fully saturated rings. The summed E-state index contributed by atoms with van der Waals surface area (Å²) in [6.07, 6.45) is 0.758. The van der Waals surface area contributed by atoms with Crippen molar-refractivity contribution in [2.24, 2.45) is 4.99 Å². The average Bonchev–Trinajstić information content (AvgIpc) is 2.94. The molecule has 150 valence electrons. The lowest BCUT2D eigenvalue weighted by Crippen LogP contribution is -2.43. The molecular formula is C18H28IN5O3. The lowest BCUT2D eigenvalue weighted by Gasteiger charge is -2.15. The SMILES string of the molecule is CCNC(=NCCc1cc(C)ccc1OC)NCCN1C(=O)CNC1=O.I. The number of hydrogen-bond donors (Lipinski definition) is 3.